The Bertz CT molecular complexity index is 1540. The molecule has 2 aromatic heterocycles. The molecule has 2 heterocycles. The number of hydrogen-bond donors (Lipinski definition) is 1. The zero-order valence-corrected chi connectivity index (χ0v) is 19.0. The fourth-order valence-electron chi connectivity index (χ4n) is 3.77. The van der Waals surface area contributed by atoms with Gasteiger partial charge in [0.05, 0.1) is 10.9 Å². The van der Waals surface area contributed by atoms with Crippen molar-refractivity contribution >= 4 is 34.3 Å². The number of aromatic nitrogens is 2. The van der Waals surface area contributed by atoms with Gasteiger partial charge in [-0.05, 0) is 42.5 Å². The van der Waals surface area contributed by atoms with Gasteiger partial charge in [0, 0.05) is 22.3 Å². The van der Waals surface area contributed by atoms with Crippen LogP contribution in [-0.2, 0) is 6.18 Å². The molecule has 1 N–H and O–H groups in total. The summed E-state index contributed by atoms with van der Waals surface area (Å²) in [4.78, 5) is 18.4. The average molecular weight is 490 g/mol. The maximum Gasteiger partial charge on any atom is 0.417 e. The van der Waals surface area contributed by atoms with E-state index in [9.17, 15) is 18.0 Å². The van der Waals surface area contributed by atoms with E-state index in [2.05, 4.69) is 10.3 Å². The molecule has 8 heteroatoms. The van der Waals surface area contributed by atoms with E-state index in [1.54, 1.807) is 65.2 Å². The Labute approximate surface area is 203 Å². The Kier molecular flexibility index (Phi) is 6.05. The lowest BCUT2D eigenvalue weighted by atomic mass is 10.1. The van der Waals surface area contributed by atoms with E-state index in [0.717, 1.165) is 22.7 Å². The van der Waals surface area contributed by atoms with Crippen LogP contribution in [0.4, 0.5) is 24.7 Å². The molecular formula is C27H18F3N3OS. The summed E-state index contributed by atoms with van der Waals surface area (Å²) < 4.78 is 44.1. The minimum absolute atomic E-state index is 0.0737. The molecule has 0 aliphatic rings. The highest BCUT2D eigenvalue weighted by molar-refractivity contribution is 7.99. The number of benzene rings is 3. The van der Waals surface area contributed by atoms with Gasteiger partial charge in [0.15, 0.2) is 11.1 Å². The second-order valence-corrected chi connectivity index (χ2v) is 8.77. The van der Waals surface area contributed by atoms with E-state index in [4.69, 9.17) is 0 Å². The van der Waals surface area contributed by atoms with Gasteiger partial charge in [-0.1, -0.05) is 66.4 Å². The van der Waals surface area contributed by atoms with Crippen LogP contribution in [0.15, 0.2) is 118 Å². The zero-order chi connectivity index (χ0) is 24.4. The van der Waals surface area contributed by atoms with Crippen molar-refractivity contribution < 1.29 is 13.2 Å². The standard InChI is InChI=1S/C27H18F3N3OS/c28-27(29,30)21-16-24(35-20-14-8-3-9-15-20)32-26-25(21)22(34)17-23(31-18-10-4-1-5-11-18)33(26)19-12-6-2-7-13-19/h1-17,31H. The monoisotopic (exact) mass is 489 g/mol. The number of rotatable bonds is 5. The predicted octanol–water partition coefficient (Wildman–Crippen LogP) is 7.30. The molecule has 5 aromatic rings. The van der Waals surface area contributed by atoms with E-state index in [-0.39, 0.29) is 10.7 Å². The molecule has 0 radical (unpaired) electrons. The smallest absolute Gasteiger partial charge is 0.341 e. The van der Waals surface area contributed by atoms with Crippen LogP contribution < -0.4 is 10.7 Å². The molecule has 174 valence electrons. The summed E-state index contributed by atoms with van der Waals surface area (Å²) in [6.07, 6.45) is -4.74. The van der Waals surface area contributed by atoms with Gasteiger partial charge in [-0.2, -0.15) is 13.2 Å². The van der Waals surface area contributed by atoms with Crippen molar-refractivity contribution in [1.29, 1.82) is 0 Å². The number of hydrogen-bond acceptors (Lipinski definition) is 4. The van der Waals surface area contributed by atoms with Crippen molar-refractivity contribution in [1.82, 2.24) is 9.55 Å². The summed E-state index contributed by atoms with van der Waals surface area (Å²) in [6.45, 7) is 0. The van der Waals surface area contributed by atoms with Gasteiger partial charge in [-0.25, -0.2) is 4.98 Å². The van der Waals surface area contributed by atoms with Crippen molar-refractivity contribution in [3.8, 4) is 5.69 Å². The highest BCUT2D eigenvalue weighted by Crippen LogP contribution is 2.38. The van der Waals surface area contributed by atoms with Crippen LogP contribution in [0.2, 0.25) is 0 Å². The summed E-state index contributed by atoms with van der Waals surface area (Å²) in [5.74, 6) is 0.308. The molecule has 0 aliphatic heterocycles. The number of anilines is 2. The highest BCUT2D eigenvalue weighted by Gasteiger charge is 2.35. The maximum atomic E-state index is 14.2. The van der Waals surface area contributed by atoms with E-state index >= 15 is 0 Å². The number of alkyl halides is 3. The molecule has 0 unspecified atom stereocenters. The van der Waals surface area contributed by atoms with Crippen molar-refractivity contribution in [2.75, 3.05) is 5.32 Å². The number of nitrogens with zero attached hydrogens (tertiary/aromatic N) is 2. The lowest BCUT2D eigenvalue weighted by molar-refractivity contribution is -0.136. The Morgan fingerprint density at radius 3 is 2.03 bits per heavy atom. The number of pyridine rings is 2. The molecule has 5 rings (SSSR count). The fraction of sp³-hybridized carbons (Fsp3) is 0.0370. The van der Waals surface area contributed by atoms with Gasteiger partial charge in [0.2, 0.25) is 0 Å². The molecule has 0 aliphatic carbocycles. The van der Waals surface area contributed by atoms with Crippen LogP contribution in [0.1, 0.15) is 5.56 Å². The van der Waals surface area contributed by atoms with E-state index in [0.29, 0.717) is 17.2 Å². The Morgan fingerprint density at radius 2 is 1.40 bits per heavy atom. The van der Waals surface area contributed by atoms with Gasteiger partial charge in [-0.15, -0.1) is 0 Å². The lowest BCUT2D eigenvalue weighted by Gasteiger charge is -2.20. The van der Waals surface area contributed by atoms with E-state index in [1.807, 2.05) is 30.3 Å². The third-order valence-electron chi connectivity index (χ3n) is 5.28. The molecule has 0 saturated heterocycles. The van der Waals surface area contributed by atoms with Crippen LogP contribution in [0.25, 0.3) is 16.7 Å². The first-order valence-corrected chi connectivity index (χ1v) is 11.5. The molecule has 3 aromatic carbocycles. The Morgan fingerprint density at radius 1 is 0.800 bits per heavy atom. The number of para-hydroxylation sites is 2. The normalized spacial score (nSPS) is 11.5. The number of fused-ring (bicyclic) bond motifs is 1. The predicted molar refractivity (Wildman–Crippen MR) is 133 cm³/mol. The summed E-state index contributed by atoms with van der Waals surface area (Å²) in [6, 6.07) is 29.1. The third-order valence-corrected chi connectivity index (χ3v) is 6.20. The average Bonchev–Trinajstić information content (AvgIpc) is 2.85. The second kappa shape index (κ2) is 9.31. The van der Waals surface area contributed by atoms with E-state index < -0.39 is 22.6 Å². The van der Waals surface area contributed by atoms with Gasteiger partial charge in [0.1, 0.15) is 10.8 Å². The summed E-state index contributed by atoms with van der Waals surface area (Å²) in [7, 11) is 0. The summed E-state index contributed by atoms with van der Waals surface area (Å²) in [5.41, 5.74) is -0.598. The van der Waals surface area contributed by atoms with Crippen molar-refractivity contribution in [3.63, 3.8) is 0 Å². The SMILES string of the molecule is O=c1cc(Nc2ccccc2)n(-c2ccccc2)c2nc(Sc3ccccc3)cc(C(F)(F)F)c12. The molecule has 35 heavy (non-hydrogen) atoms. The third kappa shape index (κ3) is 4.79. The van der Waals surface area contributed by atoms with Gasteiger partial charge >= 0.3 is 6.18 Å². The summed E-state index contributed by atoms with van der Waals surface area (Å²) >= 11 is 1.11. The first kappa shape index (κ1) is 22.7. The molecule has 0 spiro atoms. The minimum atomic E-state index is -4.74. The van der Waals surface area contributed by atoms with E-state index in [1.165, 1.54) is 6.07 Å². The molecular weight excluding hydrogens is 471 g/mol. The lowest BCUT2D eigenvalue weighted by Crippen LogP contribution is -2.18. The van der Waals surface area contributed by atoms with Crippen LogP contribution >= 0.6 is 11.8 Å². The number of halogens is 3. The topological polar surface area (TPSA) is 46.9 Å². The van der Waals surface area contributed by atoms with Crippen molar-refractivity contribution in [2.24, 2.45) is 0 Å². The maximum absolute atomic E-state index is 14.2. The van der Waals surface area contributed by atoms with Gasteiger partial charge < -0.3 is 5.32 Å². The molecule has 0 bridgehead atoms. The first-order valence-electron chi connectivity index (χ1n) is 10.7. The minimum Gasteiger partial charge on any atom is -0.341 e. The molecule has 0 atom stereocenters. The van der Waals surface area contributed by atoms with Crippen molar-refractivity contribution in [3.05, 3.63) is 119 Å². The quantitative estimate of drug-likeness (QED) is 0.281. The van der Waals surface area contributed by atoms with Crippen LogP contribution in [0.3, 0.4) is 0 Å². The first-order chi connectivity index (χ1) is 16.9. The highest BCUT2D eigenvalue weighted by atomic mass is 32.2. The van der Waals surface area contributed by atoms with Gasteiger partial charge in [0.25, 0.3) is 0 Å². The largest absolute Gasteiger partial charge is 0.417 e. The summed E-state index contributed by atoms with van der Waals surface area (Å²) in [5, 5.41) is 2.83. The van der Waals surface area contributed by atoms with Crippen LogP contribution in [-0.4, -0.2) is 9.55 Å². The zero-order valence-electron chi connectivity index (χ0n) is 18.2. The molecule has 0 saturated carbocycles. The Balaban J connectivity index is 1.83. The molecule has 0 amide bonds. The fourth-order valence-corrected chi connectivity index (χ4v) is 4.62. The molecule has 4 nitrogen and oxygen atoms in total. The van der Waals surface area contributed by atoms with Gasteiger partial charge in [-0.3, -0.25) is 9.36 Å². The van der Waals surface area contributed by atoms with Crippen LogP contribution in [0, 0.1) is 0 Å². The number of nitrogens with one attached hydrogen (secondary N) is 1. The molecule has 0 fully saturated rings. The Hall–Kier alpha value is -4.04. The van der Waals surface area contributed by atoms with Crippen molar-refractivity contribution in [2.45, 2.75) is 16.1 Å². The second-order valence-electron chi connectivity index (χ2n) is 7.68. The van der Waals surface area contributed by atoms with Crippen LogP contribution in [0.5, 0.6) is 0 Å².